The van der Waals surface area contributed by atoms with E-state index < -0.39 is 11.6 Å². The zero-order chi connectivity index (χ0) is 15.5. The lowest BCUT2D eigenvalue weighted by Crippen LogP contribution is -2.24. The quantitative estimate of drug-likeness (QED) is 0.897. The maximum absolute atomic E-state index is 13.7. The molecule has 0 radical (unpaired) electrons. The molecule has 3 rings (SSSR count). The number of amides is 1. The summed E-state index contributed by atoms with van der Waals surface area (Å²) in [6.45, 7) is 0. The molecule has 1 aromatic heterocycles. The van der Waals surface area contributed by atoms with Crippen LogP contribution in [0.25, 0.3) is 11.3 Å². The highest BCUT2D eigenvalue weighted by Gasteiger charge is 2.22. The normalized spacial score (nSPS) is 15.7. The standard InChI is InChI=1S/C16H16F2N2OS/c17-11-6-7-13(18)12(8-11)14-9-22-16(19-14)20-15(21)10-4-2-1-3-5-10/h6-10H,1-5H2,(H,19,20,21). The van der Waals surface area contributed by atoms with Gasteiger partial charge >= 0.3 is 0 Å². The number of hydrogen-bond acceptors (Lipinski definition) is 3. The van der Waals surface area contributed by atoms with Crippen LogP contribution in [-0.4, -0.2) is 10.9 Å². The smallest absolute Gasteiger partial charge is 0.229 e. The molecule has 0 unspecified atom stereocenters. The van der Waals surface area contributed by atoms with Crippen molar-refractivity contribution in [1.29, 1.82) is 0 Å². The highest BCUT2D eigenvalue weighted by atomic mass is 32.1. The number of thiazole rings is 1. The topological polar surface area (TPSA) is 42.0 Å². The van der Waals surface area contributed by atoms with Crippen LogP contribution in [0.15, 0.2) is 23.6 Å². The Morgan fingerprint density at radius 2 is 2.00 bits per heavy atom. The van der Waals surface area contributed by atoms with Crippen LogP contribution >= 0.6 is 11.3 Å². The Labute approximate surface area is 131 Å². The fourth-order valence-corrected chi connectivity index (χ4v) is 3.43. The Bertz CT molecular complexity index is 681. The van der Waals surface area contributed by atoms with Crippen LogP contribution in [0.2, 0.25) is 0 Å². The summed E-state index contributed by atoms with van der Waals surface area (Å²) in [7, 11) is 0. The van der Waals surface area contributed by atoms with E-state index in [0.717, 1.165) is 43.9 Å². The zero-order valence-electron chi connectivity index (χ0n) is 11.9. The number of nitrogens with zero attached hydrogens (tertiary/aromatic N) is 1. The van der Waals surface area contributed by atoms with Crippen molar-refractivity contribution in [1.82, 2.24) is 4.98 Å². The lowest BCUT2D eigenvalue weighted by Gasteiger charge is -2.19. The summed E-state index contributed by atoms with van der Waals surface area (Å²) in [5.41, 5.74) is 0.440. The van der Waals surface area contributed by atoms with Crippen molar-refractivity contribution in [3.05, 3.63) is 35.2 Å². The highest BCUT2D eigenvalue weighted by Crippen LogP contribution is 2.29. The van der Waals surface area contributed by atoms with E-state index in [2.05, 4.69) is 10.3 Å². The molecule has 1 heterocycles. The number of nitrogens with one attached hydrogen (secondary N) is 1. The maximum atomic E-state index is 13.7. The molecular weight excluding hydrogens is 306 g/mol. The minimum atomic E-state index is -0.531. The summed E-state index contributed by atoms with van der Waals surface area (Å²) >= 11 is 1.22. The van der Waals surface area contributed by atoms with E-state index in [1.54, 1.807) is 5.38 Å². The third kappa shape index (κ3) is 3.32. The summed E-state index contributed by atoms with van der Waals surface area (Å²) < 4.78 is 27.0. The van der Waals surface area contributed by atoms with Gasteiger partial charge in [0.1, 0.15) is 11.6 Å². The number of hydrogen-bond donors (Lipinski definition) is 1. The molecule has 116 valence electrons. The van der Waals surface area contributed by atoms with E-state index in [-0.39, 0.29) is 17.4 Å². The zero-order valence-corrected chi connectivity index (χ0v) is 12.8. The van der Waals surface area contributed by atoms with Gasteiger partial charge in [-0.25, -0.2) is 13.8 Å². The Balaban J connectivity index is 1.73. The van der Waals surface area contributed by atoms with Crippen molar-refractivity contribution in [2.45, 2.75) is 32.1 Å². The molecule has 0 aliphatic heterocycles. The van der Waals surface area contributed by atoms with E-state index >= 15 is 0 Å². The SMILES string of the molecule is O=C(Nc1nc(-c2cc(F)ccc2F)cs1)C1CCCCC1. The fraction of sp³-hybridized carbons (Fsp3) is 0.375. The van der Waals surface area contributed by atoms with Crippen LogP contribution in [0, 0.1) is 17.6 Å². The van der Waals surface area contributed by atoms with Gasteiger partial charge in [-0.2, -0.15) is 0 Å². The van der Waals surface area contributed by atoms with Crippen LogP contribution in [0.4, 0.5) is 13.9 Å². The Morgan fingerprint density at radius 3 is 2.77 bits per heavy atom. The van der Waals surface area contributed by atoms with E-state index in [1.165, 1.54) is 17.8 Å². The molecular formula is C16H16F2N2OS. The Morgan fingerprint density at radius 1 is 1.23 bits per heavy atom. The van der Waals surface area contributed by atoms with Gasteiger partial charge in [0.05, 0.1) is 5.69 Å². The largest absolute Gasteiger partial charge is 0.302 e. The molecule has 1 N–H and O–H groups in total. The number of carbonyl (C=O) groups is 1. The van der Waals surface area contributed by atoms with Gasteiger partial charge in [0.25, 0.3) is 0 Å². The molecule has 1 fully saturated rings. The van der Waals surface area contributed by atoms with Gasteiger partial charge in [0, 0.05) is 16.9 Å². The minimum absolute atomic E-state index is 0.0275. The molecule has 0 bridgehead atoms. The average Bonchev–Trinajstić information content (AvgIpc) is 2.99. The summed E-state index contributed by atoms with van der Waals surface area (Å²) in [4.78, 5) is 16.4. The van der Waals surface area contributed by atoms with Crippen LogP contribution in [-0.2, 0) is 4.79 Å². The number of aromatic nitrogens is 1. The monoisotopic (exact) mass is 322 g/mol. The predicted octanol–water partition coefficient (Wildman–Crippen LogP) is 4.61. The predicted molar refractivity (Wildman–Crippen MR) is 82.7 cm³/mol. The van der Waals surface area contributed by atoms with Gasteiger partial charge < -0.3 is 5.32 Å². The molecule has 22 heavy (non-hydrogen) atoms. The second-order valence-corrected chi connectivity index (χ2v) is 6.34. The molecule has 1 amide bonds. The van der Waals surface area contributed by atoms with Crippen molar-refractivity contribution >= 4 is 22.4 Å². The van der Waals surface area contributed by atoms with Crippen molar-refractivity contribution in [3.63, 3.8) is 0 Å². The number of carbonyl (C=O) groups excluding carboxylic acids is 1. The first-order chi connectivity index (χ1) is 10.6. The van der Waals surface area contributed by atoms with Crippen LogP contribution in [0.5, 0.6) is 0 Å². The molecule has 0 atom stereocenters. The molecule has 0 saturated heterocycles. The van der Waals surface area contributed by atoms with Crippen LogP contribution in [0.3, 0.4) is 0 Å². The second kappa shape index (κ2) is 6.52. The summed E-state index contributed by atoms with van der Waals surface area (Å²) in [6.07, 6.45) is 5.15. The molecule has 1 aliphatic carbocycles. The minimum Gasteiger partial charge on any atom is -0.302 e. The maximum Gasteiger partial charge on any atom is 0.229 e. The van der Waals surface area contributed by atoms with Crippen LogP contribution in [0.1, 0.15) is 32.1 Å². The van der Waals surface area contributed by atoms with Crippen molar-refractivity contribution in [3.8, 4) is 11.3 Å². The lowest BCUT2D eigenvalue weighted by molar-refractivity contribution is -0.120. The number of rotatable bonds is 3. The van der Waals surface area contributed by atoms with Crippen molar-refractivity contribution < 1.29 is 13.6 Å². The fourth-order valence-electron chi connectivity index (χ4n) is 2.72. The van der Waals surface area contributed by atoms with Gasteiger partial charge in [0.15, 0.2) is 5.13 Å². The van der Waals surface area contributed by atoms with Gasteiger partial charge in [-0.15, -0.1) is 11.3 Å². The van der Waals surface area contributed by atoms with Crippen molar-refractivity contribution in [2.24, 2.45) is 5.92 Å². The third-order valence-electron chi connectivity index (χ3n) is 3.91. The average molecular weight is 322 g/mol. The molecule has 3 nitrogen and oxygen atoms in total. The third-order valence-corrected chi connectivity index (χ3v) is 4.67. The first-order valence-corrected chi connectivity index (χ1v) is 8.23. The first kappa shape index (κ1) is 15.1. The van der Waals surface area contributed by atoms with Gasteiger partial charge in [-0.3, -0.25) is 4.79 Å². The molecule has 1 saturated carbocycles. The van der Waals surface area contributed by atoms with E-state index in [1.807, 2.05) is 0 Å². The van der Waals surface area contributed by atoms with Gasteiger partial charge in [-0.1, -0.05) is 19.3 Å². The van der Waals surface area contributed by atoms with Gasteiger partial charge in [0.2, 0.25) is 5.91 Å². The summed E-state index contributed by atoms with van der Waals surface area (Å²) in [6, 6.07) is 3.25. The number of halogens is 2. The van der Waals surface area contributed by atoms with Crippen LogP contribution < -0.4 is 5.32 Å². The molecule has 2 aromatic rings. The first-order valence-electron chi connectivity index (χ1n) is 7.35. The lowest BCUT2D eigenvalue weighted by atomic mass is 9.89. The summed E-state index contributed by atoms with van der Waals surface area (Å²) in [5, 5.41) is 4.83. The Kier molecular flexibility index (Phi) is 4.47. The highest BCUT2D eigenvalue weighted by molar-refractivity contribution is 7.14. The second-order valence-electron chi connectivity index (χ2n) is 5.49. The molecule has 6 heteroatoms. The van der Waals surface area contributed by atoms with E-state index in [9.17, 15) is 13.6 Å². The van der Waals surface area contributed by atoms with E-state index in [4.69, 9.17) is 0 Å². The molecule has 0 spiro atoms. The molecule has 1 aliphatic rings. The molecule has 1 aromatic carbocycles. The Hall–Kier alpha value is -1.82. The summed E-state index contributed by atoms with van der Waals surface area (Å²) in [5.74, 6) is -1.04. The number of benzene rings is 1. The van der Waals surface area contributed by atoms with Gasteiger partial charge in [-0.05, 0) is 31.0 Å². The number of anilines is 1. The van der Waals surface area contributed by atoms with Crippen molar-refractivity contribution in [2.75, 3.05) is 5.32 Å². The van der Waals surface area contributed by atoms with E-state index in [0.29, 0.717) is 10.8 Å².